The van der Waals surface area contributed by atoms with E-state index in [-0.39, 0.29) is 5.78 Å². The van der Waals surface area contributed by atoms with Crippen molar-refractivity contribution in [2.45, 2.75) is 0 Å². The summed E-state index contributed by atoms with van der Waals surface area (Å²) in [6.45, 7) is 3.34. The summed E-state index contributed by atoms with van der Waals surface area (Å²) in [5.41, 5.74) is 6.29. The molecule has 0 amide bonds. The van der Waals surface area contributed by atoms with Crippen LogP contribution in [-0.4, -0.2) is 10.8 Å². The standard InChI is InChI=1S/C8H8N2O/c1-2-8(11)7-4-3-6(9)5-10-7/h2-5H,1,9H2. The number of rotatable bonds is 2. The number of allylic oxidation sites excluding steroid dienone is 1. The van der Waals surface area contributed by atoms with Gasteiger partial charge < -0.3 is 5.73 Å². The van der Waals surface area contributed by atoms with Crippen LogP contribution in [0.3, 0.4) is 0 Å². The van der Waals surface area contributed by atoms with E-state index in [0.29, 0.717) is 11.4 Å². The molecule has 0 fully saturated rings. The van der Waals surface area contributed by atoms with Crippen molar-refractivity contribution in [3.8, 4) is 0 Å². The molecule has 0 aromatic carbocycles. The van der Waals surface area contributed by atoms with Gasteiger partial charge in [0.15, 0.2) is 0 Å². The van der Waals surface area contributed by atoms with Crippen LogP contribution in [0.5, 0.6) is 0 Å². The van der Waals surface area contributed by atoms with E-state index in [0.717, 1.165) is 0 Å². The van der Waals surface area contributed by atoms with Gasteiger partial charge in [0.2, 0.25) is 5.78 Å². The third kappa shape index (κ3) is 1.64. The number of aromatic nitrogens is 1. The van der Waals surface area contributed by atoms with Crippen molar-refractivity contribution in [3.63, 3.8) is 0 Å². The summed E-state index contributed by atoms with van der Waals surface area (Å²) in [6.07, 6.45) is 2.66. The Hall–Kier alpha value is -1.64. The summed E-state index contributed by atoms with van der Waals surface area (Å²) in [5, 5.41) is 0. The lowest BCUT2D eigenvalue weighted by atomic mass is 10.2. The van der Waals surface area contributed by atoms with Gasteiger partial charge in [-0.05, 0) is 18.2 Å². The zero-order chi connectivity index (χ0) is 8.27. The van der Waals surface area contributed by atoms with Gasteiger partial charge in [0.1, 0.15) is 5.69 Å². The quantitative estimate of drug-likeness (QED) is 0.503. The molecule has 0 aliphatic heterocycles. The van der Waals surface area contributed by atoms with E-state index in [1.165, 1.54) is 12.3 Å². The summed E-state index contributed by atoms with van der Waals surface area (Å²) in [5.74, 6) is -0.190. The minimum Gasteiger partial charge on any atom is -0.397 e. The van der Waals surface area contributed by atoms with Gasteiger partial charge in [-0.1, -0.05) is 6.58 Å². The van der Waals surface area contributed by atoms with Crippen LogP contribution in [0.4, 0.5) is 5.69 Å². The fourth-order valence-corrected chi connectivity index (χ4v) is 0.656. The van der Waals surface area contributed by atoms with E-state index < -0.39 is 0 Å². The lowest BCUT2D eigenvalue weighted by Crippen LogP contribution is -1.97. The molecule has 3 nitrogen and oxygen atoms in total. The largest absolute Gasteiger partial charge is 0.397 e. The third-order valence-corrected chi connectivity index (χ3v) is 1.22. The molecule has 0 atom stereocenters. The summed E-state index contributed by atoms with van der Waals surface area (Å²) >= 11 is 0. The summed E-state index contributed by atoms with van der Waals surface area (Å²) < 4.78 is 0. The number of ketones is 1. The molecular weight excluding hydrogens is 140 g/mol. The first-order valence-corrected chi connectivity index (χ1v) is 3.12. The normalized spacial score (nSPS) is 9.09. The van der Waals surface area contributed by atoms with Crippen LogP contribution in [0.15, 0.2) is 31.0 Å². The first-order chi connectivity index (χ1) is 5.24. The summed E-state index contributed by atoms with van der Waals surface area (Å²) in [7, 11) is 0. The van der Waals surface area contributed by atoms with Crippen LogP contribution >= 0.6 is 0 Å². The van der Waals surface area contributed by atoms with E-state index in [1.807, 2.05) is 0 Å². The monoisotopic (exact) mass is 148 g/mol. The zero-order valence-electron chi connectivity index (χ0n) is 5.95. The summed E-state index contributed by atoms with van der Waals surface area (Å²) in [4.78, 5) is 14.7. The number of pyridine rings is 1. The maximum Gasteiger partial charge on any atom is 0.203 e. The lowest BCUT2D eigenvalue weighted by Gasteiger charge is -1.93. The number of hydrogen-bond acceptors (Lipinski definition) is 3. The number of hydrogen-bond donors (Lipinski definition) is 1. The van der Waals surface area contributed by atoms with E-state index in [1.54, 1.807) is 12.1 Å². The molecule has 0 bridgehead atoms. The lowest BCUT2D eigenvalue weighted by molar-refractivity contribution is 0.104. The number of nitrogens with two attached hydrogens (primary N) is 1. The van der Waals surface area contributed by atoms with E-state index in [2.05, 4.69) is 11.6 Å². The second-order valence-corrected chi connectivity index (χ2v) is 2.05. The van der Waals surface area contributed by atoms with Crippen molar-refractivity contribution < 1.29 is 4.79 Å². The molecule has 0 radical (unpaired) electrons. The second-order valence-electron chi connectivity index (χ2n) is 2.05. The van der Waals surface area contributed by atoms with Gasteiger partial charge in [-0.2, -0.15) is 0 Å². The molecule has 0 saturated heterocycles. The highest BCUT2D eigenvalue weighted by molar-refractivity contribution is 6.02. The second kappa shape index (κ2) is 2.96. The smallest absolute Gasteiger partial charge is 0.203 e. The predicted octanol–water partition coefficient (Wildman–Crippen LogP) is 1.03. The van der Waals surface area contributed by atoms with Gasteiger partial charge in [-0.15, -0.1) is 0 Å². The van der Waals surface area contributed by atoms with Crippen LogP contribution in [0, 0.1) is 0 Å². The molecule has 1 aromatic heterocycles. The number of nitrogen functional groups attached to an aromatic ring is 1. The zero-order valence-corrected chi connectivity index (χ0v) is 5.95. The van der Waals surface area contributed by atoms with E-state index in [4.69, 9.17) is 5.73 Å². The van der Waals surface area contributed by atoms with Crippen molar-refractivity contribution in [2.24, 2.45) is 0 Å². The van der Waals surface area contributed by atoms with Crippen molar-refractivity contribution >= 4 is 11.5 Å². The van der Waals surface area contributed by atoms with E-state index in [9.17, 15) is 4.79 Å². The predicted molar refractivity (Wildman–Crippen MR) is 43.2 cm³/mol. The fourth-order valence-electron chi connectivity index (χ4n) is 0.656. The average molecular weight is 148 g/mol. The average Bonchev–Trinajstić information content (AvgIpc) is 2.05. The Morgan fingerprint density at radius 3 is 2.82 bits per heavy atom. The highest BCUT2D eigenvalue weighted by Crippen LogP contribution is 2.01. The first-order valence-electron chi connectivity index (χ1n) is 3.12. The first kappa shape index (κ1) is 7.47. The third-order valence-electron chi connectivity index (χ3n) is 1.22. The van der Waals surface area contributed by atoms with Gasteiger partial charge in [-0.3, -0.25) is 9.78 Å². The Balaban J connectivity index is 2.98. The van der Waals surface area contributed by atoms with Crippen molar-refractivity contribution in [1.29, 1.82) is 0 Å². The molecule has 3 heteroatoms. The SMILES string of the molecule is C=CC(=O)c1ccc(N)cn1. The molecule has 0 aliphatic rings. The van der Waals surface area contributed by atoms with Gasteiger partial charge in [0, 0.05) is 0 Å². The Morgan fingerprint density at radius 2 is 2.36 bits per heavy atom. The molecule has 1 aromatic rings. The molecule has 0 unspecified atom stereocenters. The van der Waals surface area contributed by atoms with Crippen molar-refractivity contribution in [2.75, 3.05) is 5.73 Å². The maximum absolute atomic E-state index is 10.9. The number of carbonyl (C=O) groups is 1. The minimum absolute atomic E-state index is 0.190. The van der Waals surface area contributed by atoms with Crippen LogP contribution < -0.4 is 5.73 Å². The van der Waals surface area contributed by atoms with E-state index >= 15 is 0 Å². The molecule has 0 spiro atoms. The Bertz CT molecular complexity index is 277. The molecule has 2 N–H and O–H groups in total. The molecule has 0 aliphatic carbocycles. The molecular formula is C8H8N2O. The maximum atomic E-state index is 10.9. The number of anilines is 1. The molecule has 1 heterocycles. The van der Waals surface area contributed by atoms with Gasteiger partial charge >= 0.3 is 0 Å². The minimum atomic E-state index is -0.190. The van der Waals surface area contributed by atoms with Crippen LogP contribution in [0.25, 0.3) is 0 Å². The molecule has 56 valence electrons. The fraction of sp³-hybridized carbons (Fsp3) is 0. The van der Waals surface area contributed by atoms with Gasteiger partial charge in [-0.25, -0.2) is 0 Å². The molecule has 11 heavy (non-hydrogen) atoms. The molecule has 1 rings (SSSR count). The molecule has 0 saturated carbocycles. The Labute approximate surface area is 64.6 Å². The Kier molecular flexibility index (Phi) is 2.01. The van der Waals surface area contributed by atoms with Crippen molar-refractivity contribution in [1.82, 2.24) is 4.98 Å². The van der Waals surface area contributed by atoms with Crippen LogP contribution in [0.1, 0.15) is 10.5 Å². The van der Waals surface area contributed by atoms with Gasteiger partial charge in [0.25, 0.3) is 0 Å². The highest BCUT2D eigenvalue weighted by atomic mass is 16.1. The topological polar surface area (TPSA) is 56.0 Å². The van der Waals surface area contributed by atoms with Crippen LogP contribution in [-0.2, 0) is 0 Å². The Morgan fingerprint density at radius 1 is 1.64 bits per heavy atom. The summed E-state index contributed by atoms with van der Waals surface area (Å²) in [6, 6.07) is 3.20. The highest BCUT2D eigenvalue weighted by Gasteiger charge is 1.99. The number of carbonyl (C=O) groups excluding carboxylic acids is 1. The van der Waals surface area contributed by atoms with Crippen molar-refractivity contribution in [3.05, 3.63) is 36.7 Å². The number of nitrogens with zero attached hydrogens (tertiary/aromatic N) is 1. The van der Waals surface area contributed by atoms with Crippen LogP contribution in [0.2, 0.25) is 0 Å². The van der Waals surface area contributed by atoms with Gasteiger partial charge in [0.05, 0.1) is 11.9 Å².